The molecule has 1 fully saturated rings. The van der Waals surface area contributed by atoms with Crippen LogP contribution >= 0.6 is 11.6 Å². The fraction of sp³-hybridized carbons (Fsp3) is 0.500. The molecule has 0 spiro atoms. The first-order valence-electron chi connectivity index (χ1n) is 7.51. The molecule has 1 aromatic carbocycles. The Kier molecular flexibility index (Phi) is 4.00. The number of ketones is 1. The summed E-state index contributed by atoms with van der Waals surface area (Å²) in [5.41, 5.74) is 1.12. The average molecular weight is 307 g/mol. The van der Waals surface area contributed by atoms with Gasteiger partial charge in [0.25, 0.3) is 5.78 Å². The van der Waals surface area contributed by atoms with Gasteiger partial charge in [0.15, 0.2) is 0 Å². The van der Waals surface area contributed by atoms with Crippen LogP contribution in [0.3, 0.4) is 0 Å². The molecule has 3 rings (SSSR count). The monoisotopic (exact) mass is 306 g/mol. The summed E-state index contributed by atoms with van der Waals surface area (Å²) in [6.07, 6.45) is 4.64. The fourth-order valence-corrected chi connectivity index (χ4v) is 3.48. The molecular formula is C16H19ClN2O2. The van der Waals surface area contributed by atoms with E-state index in [4.69, 9.17) is 11.6 Å². The highest BCUT2D eigenvalue weighted by Crippen LogP contribution is 2.32. The molecule has 0 N–H and O–H groups in total. The van der Waals surface area contributed by atoms with Gasteiger partial charge in [-0.2, -0.15) is 0 Å². The van der Waals surface area contributed by atoms with Crippen LogP contribution in [0, 0.1) is 0 Å². The molecule has 0 bridgehead atoms. The SMILES string of the molecule is CC[C@H]1CCCCN1CN1C(=O)C(=O)c2cc(Cl)ccc21. The van der Waals surface area contributed by atoms with Crippen molar-refractivity contribution in [3.8, 4) is 0 Å². The Morgan fingerprint density at radius 3 is 2.86 bits per heavy atom. The topological polar surface area (TPSA) is 40.6 Å². The van der Waals surface area contributed by atoms with Crippen molar-refractivity contribution in [3.63, 3.8) is 0 Å². The lowest BCUT2D eigenvalue weighted by molar-refractivity contribution is -0.114. The minimum Gasteiger partial charge on any atom is -0.291 e. The van der Waals surface area contributed by atoms with Gasteiger partial charge < -0.3 is 0 Å². The molecule has 21 heavy (non-hydrogen) atoms. The largest absolute Gasteiger partial charge is 0.300 e. The van der Waals surface area contributed by atoms with Crippen molar-refractivity contribution >= 4 is 29.0 Å². The third-order valence-corrected chi connectivity index (χ3v) is 4.71. The second-order valence-electron chi connectivity index (χ2n) is 5.74. The number of hydrogen-bond acceptors (Lipinski definition) is 3. The lowest BCUT2D eigenvalue weighted by Gasteiger charge is -2.37. The van der Waals surface area contributed by atoms with Gasteiger partial charge in [-0.25, -0.2) is 0 Å². The van der Waals surface area contributed by atoms with E-state index >= 15 is 0 Å². The number of hydrogen-bond donors (Lipinski definition) is 0. The standard InChI is InChI=1S/C16H19ClN2O2/c1-2-12-5-3-4-8-18(12)10-19-14-7-6-11(17)9-13(14)15(20)16(19)21/h6-7,9,12H,2-5,8,10H2,1H3/t12-/m0/s1. The summed E-state index contributed by atoms with van der Waals surface area (Å²) >= 11 is 5.93. The number of Topliss-reactive ketones (excluding diaryl/α,β-unsaturated/α-hetero) is 1. The summed E-state index contributed by atoms with van der Waals surface area (Å²) in [6, 6.07) is 5.58. The number of rotatable bonds is 3. The van der Waals surface area contributed by atoms with Gasteiger partial charge in [0, 0.05) is 17.6 Å². The number of carbonyl (C=O) groups excluding carboxylic acids is 2. The summed E-state index contributed by atoms with van der Waals surface area (Å²) in [5, 5.41) is 0.487. The normalized spacial score (nSPS) is 22.8. The Balaban J connectivity index is 1.86. The van der Waals surface area contributed by atoms with Gasteiger partial charge in [0.1, 0.15) is 0 Å². The highest BCUT2D eigenvalue weighted by Gasteiger charge is 2.37. The number of fused-ring (bicyclic) bond motifs is 1. The van der Waals surface area contributed by atoms with Crippen LogP contribution in [-0.2, 0) is 4.79 Å². The zero-order valence-electron chi connectivity index (χ0n) is 12.1. The number of anilines is 1. The van der Waals surface area contributed by atoms with Crippen molar-refractivity contribution in [2.24, 2.45) is 0 Å². The first-order valence-corrected chi connectivity index (χ1v) is 7.89. The van der Waals surface area contributed by atoms with Gasteiger partial charge in [-0.1, -0.05) is 24.9 Å². The molecule has 4 nitrogen and oxygen atoms in total. The maximum atomic E-state index is 12.2. The fourth-order valence-electron chi connectivity index (χ4n) is 3.30. The Morgan fingerprint density at radius 1 is 1.29 bits per heavy atom. The molecule has 0 aliphatic carbocycles. The van der Waals surface area contributed by atoms with Crippen molar-refractivity contribution in [2.45, 2.75) is 38.6 Å². The molecule has 2 aliphatic rings. The van der Waals surface area contributed by atoms with Crippen LogP contribution in [0.1, 0.15) is 43.0 Å². The van der Waals surface area contributed by atoms with Crippen molar-refractivity contribution in [3.05, 3.63) is 28.8 Å². The Morgan fingerprint density at radius 2 is 2.10 bits per heavy atom. The van der Waals surface area contributed by atoms with Crippen LogP contribution in [0.25, 0.3) is 0 Å². The lowest BCUT2D eigenvalue weighted by Crippen LogP contribution is -2.47. The second kappa shape index (κ2) is 5.78. The molecule has 1 atom stereocenters. The Hall–Kier alpha value is -1.39. The number of likely N-dealkylation sites (tertiary alicyclic amines) is 1. The van der Waals surface area contributed by atoms with Crippen molar-refractivity contribution in [1.82, 2.24) is 4.90 Å². The predicted octanol–water partition coefficient (Wildman–Crippen LogP) is 3.09. The summed E-state index contributed by atoms with van der Waals surface area (Å²) in [5.74, 6) is -0.884. The first kappa shape index (κ1) is 14.5. The highest BCUT2D eigenvalue weighted by atomic mass is 35.5. The van der Waals surface area contributed by atoms with Gasteiger partial charge >= 0.3 is 5.91 Å². The Bertz CT molecular complexity index is 588. The van der Waals surface area contributed by atoms with E-state index in [1.165, 1.54) is 12.8 Å². The molecule has 5 heteroatoms. The second-order valence-corrected chi connectivity index (χ2v) is 6.17. The van der Waals surface area contributed by atoms with Crippen LogP contribution in [0.2, 0.25) is 5.02 Å². The smallest absolute Gasteiger partial charge is 0.291 e. The number of carbonyl (C=O) groups is 2. The minimum atomic E-state index is -0.447. The third-order valence-electron chi connectivity index (χ3n) is 4.48. The van der Waals surface area contributed by atoms with Crippen molar-refractivity contribution in [2.75, 3.05) is 18.1 Å². The average Bonchev–Trinajstić information content (AvgIpc) is 2.73. The quantitative estimate of drug-likeness (QED) is 0.806. The molecule has 0 saturated carbocycles. The summed E-state index contributed by atoms with van der Waals surface area (Å²) in [4.78, 5) is 28.2. The van der Waals surface area contributed by atoms with E-state index in [-0.39, 0.29) is 0 Å². The zero-order valence-corrected chi connectivity index (χ0v) is 12.9. The molecule has 1 saturated heterocycles. The number of piperidine rings is 1. The van der Waals surface area contributed by atoms with Crippen LogP contribution in [-0.4, -0.2) is 35.8 Å². The third kappa shape index (κ3) is 2.58. The highest BCUT2D eigenvalue weighted by molar-refractivity contribution is 6.52. The lowest BCUT2D eigenvalue weighted by atomic mass is 10.0. The zero-order chi connectivity index (χ0) is 15.0. The number of halogens is 1. The summed E-state index contributed by atoms with van der Waals surface area (Å²) < 4.78 is 0. The number of amides is 1. The van der Waals surface area contributed by atoms with Gasteiger partial charge in [-0.3, -0.25) is 19.4 Å². The minimum absolute atomic E-state index is 0.428. The van der Waals surface area contributed by atoms with Crippen LogP contribution in [0.5, 0.6) is 0 Å². The van der Waals surface area contributed by atoms with Gasteiger partial charge in [-0.15, -0.1) is 0 Å². The van der Waals surface area contributed by atoms with Crippen LogP contribution in [0.15, 0.2) is 18.2 Å². The maximum absolute atomic E-state index is 12.2. The molecule has 2 heterocycles. The van der Waals surface area contributed by atoms with E-state index < -0.39 is 11.7 Å². The Labute approximate surface area is 129 Å². The molecule has 1 aromatic rings. The van der Waals surface area contributed by atoms with E-state index in [0.717, 1.165) is 19.4 Å². The first-order chi connectivity index (χ1) is 10.1. The van der Waals surface area contributed by atoms with Crippen molar-refractivity contribution < 1.29 is 9.59 Å². The summed E-state index contributed by atoms with van der Waals surface area (Å²) in [6.45, 7) is 3.66. The van der Waals surface area contributed by atoms with Crippen molar-refractivity contribution in [1.29, 1.82) is 0 Å². The van der Waals surface area contributed by atoms with E-state index in [1.807, 2.05) is 0 Å². The summed E-state index contributed by atoms with van der Waals surface area (Å²) in [7, 11) is 0. The number of nitrogens with zero attached hydrogens (tertiary/aromatic N) is 2. The van der Waals surface area contributed by atoms with Gasteiger partial charge in [0.05, 0.1) is 17.9 Å². The van der Waals surface area contributed by atoms with Crippen LogP contribution < -0.4 is 4.90 Å². The van der Waals surface area contributed by atoms with E-state index in [2.05, 4.69) is 11.8 Å². The molecule has 2 aliphatic heterocycles. The van der Waals surface area contributed by atoms with Crippen LogP contribution in [0.4, 0.5) is 5.69 Å². The maximum Gasteiger partial charge on any atom is 0.300 e. The van der Waals surface area contributed by atoms with Gasteiger partial charge in [0.2, 0.25) is 0 Å². The molecular weight excluding hydrogens is 288 g/mol. The predicted molar refractivity (Wildman–Crippen MR) is 82.8 cm³/mol. The molecule has 0 aromatic heterocycles. The van der Waals surface area contributed by atoms with E-state index in [9.17, 15) is 9.59 Å². The van der Waals surface area contributed by atoms with Gasteiger partial charge in [-0.05, 0) is 37.5 Å². The van der Waals surface area contributed by atoms with E-state index in [1.54, 1.807) is 23.1 Å². The molecule has 0 radical (unpaired) electrons. The molecule has 0 unspecified atom stereocenters. The molecule has 1 amide bonds. The van der Waals surface area contributed by atoms with E-state index in [0.29, 0.717) is 29.0 Å². The molecule has 112 valence electrons. The number of benzene rings is 1.